The Balaban J connectivity index is 1.78. The molecule has 0 N–H and O–H groups in total. The van der Waals surface area contributed by atoms with Crippen molar-refractivity contribution in [3.63, 3.8) is 0 Å². The van der Waals surface area contributed by atoms with Gasteiger partial charge in [-0.3, -0.25) is 9.59 Å². The van der Waals surface area contributed by atoms with Gasteiger partial charge >= 0.3 is 0 Å². The van der Waals surface area contributed by atoms with Gasteiger partial charge in [-0.2, -0.15) is 0 Å². The lowest BCUT2D eigenvalue weighted by Crippen LogP contribution is -2.51. The third-order valence-corrected chi connectivity index (χ3v) is 4.23. The minimum atomic E-state index is 0.147. The van der Waals surface area contributed by atoms with Crippen LogP contribution in [0.5, 0.6) is 0 Å². The fourth-order valence-corrected chi connectivity index (χ4v) is 2.67. The lowest BCUT2D eigenvalue weighted by Gasteiger charge is -2.35. The van der Waals surface area contributed by atoms with Crippen LogP contribution in [0, 0.1) is 6.92 Å². The minimum Gasteiger partial charge on any atom is -0.339 e. The molecule has 23 heavy (non-hydrogen) atoms. The molecule has 0 aliphatic carbocycles. The smallest absolute Gasteiger partial charge is 0.227 e. The number of carbonyl (C=O) groups is 2. The summed E-state index contributed by atoms with van der Waals surface area (Å²) in [5, 5.41) is 0. The number of piperazine rings is 1. The summed E-state index contributed by atoms with van der Waals surface area (Å²) in [4.78, 5) is 30.2. The van der Waals surface area contributed by atoms with Crippen molar-refractivity contribution in [2.45, 2.75) is 19.8 Å². The van der Waals surface area contributed by atoms with Crippen molar-refractivity contribution in [3.8, 4) is 0 Å². The first-order valence-electron chi connectivity index (χ1n) is 8.21. The number of hydrogen-bond donors (Lipinski definition) is 0. The zero-order chi connectivity index (χ0) is 16.8. The van der Waals surface area contributed by atoms with Gasteiger partial charge in [0.05, 0.1) is 6.42 Å². The number of nitrogens with zero attached hydrogens (tertiary/aromatic N) is 3. The van der Waals surface area contributed by atoms with Crippen LogP contribution in [0.4, 0.5) is 0 Å². The van der Waals surface area contributed by atoms with Crippen LogP contribution in [0.1, 0.15) is 17.5 Å². The van der Waals surface area contributed by atoms with Crippen LogP contribution in [-0.4, -0.2) is 73.3 Å². The van der Waals surface area contributed by atoms with Crippen molar-refractivity contribution < 1.29 is 9.59 Å². The van der Waals surface area contributed by atoms with Gasteiger partial charge in [-0.05, 0) is 26.6 Å². The molecule has 0 atom stereocenters. The summed E-state index contributed by atoms with van der Waals surface area (Å²) in [6.45, 7) is 5.37. The van der Waals surface area contributed by atoms with Crippen LogP contribution in [0.2, 0.25) is 0 Å². The Kier molecular flexibility index (Phi) is 6.16. The number of rotatable bonds is 5. The Bertz CT molecular complexity index is 532. The van der Waals surface area contributed by atoms with Gasteiger partial charge in [-0.1, -0.05) is 29.8 Å². The molecular formula is C18H27N3O2. The zero-order valence-electron chi connectivity index (χ0n) is 14.4. The molecule has 126 valence electrons. The van der Waals surface area contributed by atoms with Crippen molar-refractivity contribution in [2.24, 2.45) is 0 Å². The van der Waals surface area contributed by atoms with Gasteiger partial charge in [0.2, 0.25) is 11.8 Å². The first-order valence-corrected chi connectivity index (χ1v) is 8.21. The normalized spacial score (nSPS) is 15.1. The highest BCUT2D eigenvalue weighted by Gasteiger charge is 2.23. The molecule has 1 saturated heterocycles. The van der Waals surface area contributed by atoms with Gasteiger partial charge in [0.25, 0.3) is 0 Å². The molecular weight excluding hydrogens is 290 g/mol. The molecule has 5 nitrogen and oxygen atoms in total. The van der Waals surface area contributed by atoms with E-state index in [0.29, 0.717) is 39.0 Å². The Labute approximate surface area is 138 Å². The highest BCUT2D eigenvalue weighted by molar-refractivity contribution is 5.80. The molecule has 1 fully saturated rings. The van der Waals surface area contributed by atoms with E-state index in [2.05, 4.69) is 0 Å². The largest absolute Gasteiger partial charge is 0.339 e. The van der Waals surface area contributed by atoms with Crippen LogP contribution >= 0.6 is 0 Å². The van der Waals surface area contributed by atoms with E-state index < -0.39 is 0 Å². The molecule has 0 aromatic heterocycles. The Hall–Kier alpha value is -1.88. The highest BCUT2D eigenvalue weighted by atomic mass is 16.2. The van der Waals surface area contributed by atoms with Crippen molar-refractivity contribution in [1.29, 1.82) is 0 Å². The van der Waals surface area contributed by atoms with Gasteiger partial charge in [0.15, 0.2) is 0 Å². The summed E-state index contributed by atoms with van der Waals surface area (Å²) < 4.78 is 0. The topological polar surface area (TPSA) is 43.9 Å². The van der Waals surface area contributed by atoms with Crippen LogP contribution in [0.3, 0.4) is 0 Å². The van der Waals surface area contributed by atoms with Gasteiger partial charge in [-0.25, -0.2) is 0 Å². The molecule has 0 unspecified atom stereocenters. The van der Waals surface area contributed by atoms with Crippen LogP contribution in [0.25, 0.3) is 0 Å². The summed E-state index contributed by atoms with van der Waals surface area (Å²) in [5.74, 6) is 0.332. The van der Waals surface area contributed by atoms with Crippen LogP contribution < -0.4 is 0 Å². The van der Waals surface area contributed by atoms with E-state index in [4.69, 9.17) is 0 Å². The summed E-state index contributed by atoms with van der Waals surface area (Å²) in [6, 6.07) is 8.08. The molecule has 2 rings (SSSR count). The van der Waals surface area contributed by atoms with Crippen molar-refractivity contribution in [1.82, 2.24) is 14.7 Å². The molecule has 0 spiro atoms. The van der Waals surface area contributed by atoms with E-state index in [1.165, 1.54) is 5.56 Å². The lowest BCUT2D eigenvalue weighted by atomic mass is 10.1. The average molecular weight is 317 g/mol. The predicted molar refractivity (Wildman–Crippen MR) is 91.2 cm³/mol. The molecule has 0 saturated carbocycles. The molecule has 5 heteroatoms. The monoisotopic (exact) mass is 317 g/mol. The van der Waals surface area contributed by atoms with E-state index in [9.17, 15) is 9.59 Å². The Morgan fingerprint density at radius 1 is 0.957 bits per heavy atom. The third-order valence-electron chi connectivity index (χ3n) is 4.23. The summed E-state index contributed by atoms with van der Waals surface area (Å²) in [7, 11) is 3.93. The summed E-state index contributed by atoms with van der Waals surface area (Å²) in [6.07, 6.45) is 0.985. The number of hydrogen-bond acceptors (Lipinski definition) is 3. The standard InChI is InChI=1S/C18H27N3O2/c1-15-4-6-16(7-5-15)14-18(23)21-12-10-20(11-13-21)17(22)8-9-19(2)3/h4-7H,8-14H2,1-3H3. The maximum atomic E-state index is 12.4. The number of benzene rings is 1. The molecule has 0 radical (unpaired) electrons. The average Bonchev–Trinajstić information content (AvgIpc) is 2.55. The second-order valence-corrected chi connectivity index (χ2v) is 6.48. The second-order valence-electron chi connectivity index (χ2n) is 6.48. The molecule has 1 aromatic rings. The summed E-state index contributed by atoms with van der Waals surface area (Å²) in [5.41, 5.74) is 2.25. The molecule has 0 bridgehead atoms. The van der Waals surface area contributed by atoms with Crippen molar-refractivity contribution >= 4 is 11.8 Å². The maximum Gasteiger partial charge on any atom is 0.227 e. The van der Waals surface area contributed by atoms with E-state index in [1.54, 1.807) is 0 Å². The van der Waals surface area contributed by atoms with Gasteiger partial charge in [-0.15, -0.1) is 0 Å². The van der Waals surface area contributed by atoms with Gasteiger partial charge in [0, 0.05) is 39.1 Å². The predicted octanol–water partition coefficient (Wildman–Crippen LogP) is 1.16. The van der Waals surface area contributed by atoms with E-state index in [0.717, 1.165) is 12.1 Å². The molecule has 1 aliphatic rings. The summed E-state index contributed by atoms with van der Waals surface area (Å²) >= 11 is 0. The fraction of sp³-hybridized carbons (Fsp3) is 0.556. The fourth-order valence-electron chi connectivity index (χ4n) is 2.67. The van der Waals surface area contributed by atoms with Gasteiger partial charge in [0.1, 0.15) is 0 Å². The second kappa shape index (κ2) is 8.11. The van der Waals surface area contributed by atoms with Crippen LogP contribution in [-0.2, 0) is 16.0 Å². The molecule has 1 aromatic carbocycles. The van der Waals surface area contributed by atoms with E-state index in [-0.39, 0.29) is 11.8 Å². The first kappa shape index (κ1) is 17.5. The number of carbonyl (C=O) groups excluding carboxylic acids is 2. The Morgan fingerprint density at radius 3 is 2.00 bits per heavy atom. The first-order chi connectivity index (χ1) is 11.0. The van der Waals surface area contributed by atoms with E-state index in [1.807, 2.05) is 60.0 Å². The maximum absolute atomic E-state index is 12.4. The van der Waals surface area contributed by atoms with Gasteiger partial charge < -0.3 is 14.7 Å². The van der Waals surface area contributed by atoms with E-state index >= 15 is 0 Å². The van der Waals surface area contributed by atoms with Crippen LogP contribution in [0.15, 0.2) is 24.3 Å². The van der Waals surface area contributed by atoms with Crippen molar-refractivity contribution in [2.75, 3.05) is 46.8 Å². The number of aryl methyl sites for hydroxylation is 1. The number of amides is 2. The molecule has 1 heterocycles. The molecule has 1 aliphatic heterocycles. The lowest BCUT2D eigenvalue weighted by molar-refractivity contribution is -0.139. The Morgan fingerprint density at radius 2 is 1.48 bits per heavy atom. The zero-order valence-corrected chi connectivity index (χ0v) is 14.4. The molecule has 2 amide bonds. The SMILES string of the molecule is Cc1ccc(CC(=O)N2CCN(C(=O)CCN(C)C)CC2)cc1. The quantitative estimate of drug-likeness (QED) is 0.818. The minimum absolute atomic E-state index is 0.147. The highest BCUT2D eigenvalue weighted by Crippen LogP contribution is 2.09. The van der Waals surface area contributed by atoms with Crippen molar-refractivity contribution in [3.05, 3.63) is 35.4 Å². The third kappa shape index (κ3) is 5.36.